The fourth-order valence-electron chi connectivity index (χ4n) is 2.51. The summed E-state index contributed by atoms with van der Waals surface area (Å²) < 4.78 is 1.23. The zero-order valence-electron chi connectivity index (χ0n) is 13.6. The fourth-order valence-corrected chi connectivity index (χ4v) is 3.25. The van der Waals surface area contributed by atoms with Crippen molar-refractivity contribution in [3.05, 3.63) is 62.9 Å². The lowest BCUT2D eigenvalue weighted by molar-refractivity contribution is 0.983. The van der Waals surface area contributed by atoms with Crippen LogP contribution >= 0.6 is 11.8 Å². The maximum Gasteiger partial charge on any atom is 0.265 e. The van der Waals surface area contributed by atoms with Crippen LogP contribution in [0, 0.1) is 40.9 Å². The van der Waals surface area contributed by atoms with Crippen LogP contribution in [-0.4, -0.2) is 10.8 Å². The van der Waals surface area contributed by atoms with Gasteiger partial charge in [-0.1, -0.05) is 18.2 Å². The van der Waals surface area contributed by atoms with Crippen LogP contribution in [0.3, 0.4) is 0 Å². The predicted molar refractivity (Wildman–Crippen MR) is 97.6 cm³/mol. The SMILES string of the molecule is CSC(=C(C#N)C#N)c1c(C)c(C#N)c(N)n(-c2ccccc2)c1=O. The van der Waals surface area contributed by atoms with Crippen molar-refractivity contribution in [3.8, 4) is 23.9 Å². The molecule has 1 aromatic carbocycles. The summed E-state index contributed by atoms with van der Waals surface area (Å²) in [5, 5.41) is 27.9. The summed E-state index contributed by atoms with van der Waals surface area (Å²) in [6.07, 6.45) is 1.66. The molecule has 7 heteroatoms. The number of aromatic nitrogens is 1. The lowest BCUT2D eigenvalue weighted by atomic mass is 10.0. The molecule has 25 heavy (non-hydrogen) atoms. The highest BCUT2D eigenvalue weighted by Crippen LogP contribution is 2.32. The Balaban J connectivity index is 3.06. The Kier molecular flexibility index (Phi) is 5.29. The second kappa shape index (κ2) is 7.40. The van der Waals surface area contributed by atoms with E-state index in [1.165, 1.54) is 4.57 Å². The molecule has 0 bridgehead atoms. The Morgan fingerprint density at radius 3 is 2.24 bits per heavy atom. The van der Waals surface area contributed by atoms with E-state index in [1.807, 2.05) is 6.07 Å². The number of anilines is 1. The largest absolute Gasteiger partial charge is 0.384 e. The minimum atomic E-state index is -0.479. The Labute approximate surface area is 149 Å². The first-order chi connectivity index (χ1) is 12.0. The van der Waals surface area contributed by atoms with Gasteiger partial charge in [-0.2, -0.15) is 15.8 Å². The van der Waals surface area contributed by atoms with Crippen LogP contribution in [-0.2, 0) is 0 Å². The molecule has 0 aliphatic rings. The number of allylic oxidation sites excluding steroid dienone is 1. The first kappa shape index (κ1) is 17.9. The van der Waals surface area contributed by atoms with Crippen LogP contribution in [0.1, 0.15) is 16.7 Å². The number of para-hydroxylation sites is 1. The zero-order valence-corrected chi connectivity index (χ0v) is 14.4. The van der Waals surface area contributed by atoms with Gasteiger partial charge < -0.3 is 5.73 Å². The summed E-state index contributed by atoms with van der Waals surface area (Å²) in [5.74, 6) is 0.0240. The van der Waals surface area contributed by atoms with Crippen molar-refractivity contribution >= 4 is 22.5 Å². The lowest BCUT2D eigenvalue weighted by Crippen LogP contribution is -2.27. The first-order valence-electron chi connectivity index (χ1n) is 7.11. The summed E-state index contributed by atoms with van der Waals surface area (Å²) in [6.45, 7) is 1.59. The van der Waals surface area contributed by atoms with E-state index >= 15 is 0 Å². The molecular formula is C18H13N5OS. The van der Waals surface area contributed by atoms with Gasteiger partial charge in [0.2, 0.25) is 0 Å². The number of nitrogen functional groups attached to an aromatic ring is 1. The van der Waals surface area contributed by atoms with Gasteiger partial charge in [-0.25, -0.2) is 0 Å². The van der Waals surface area contributed by atoms with Crippen molar-refractivity contribution in [2.24, 2.45) is 0 Å². The number of benzene rings is 1. The molecule has 0 saturated heterocycles. The van der Waals surface area contributed by atoms with Crippen molar-refractivity contribution in [2.45, 2.75) is 6.92 Å². The van der Waals surface area contributed by atoms with Crippen LogP contribution in [0.15, 0.2) is 40.7 Å². The number of nitrogens with zero attached hydrogens (tertiary/aromatic N) is 4. The molecule has 6 nitrogen and oxygen atoms in total. The monoisotopic (exact) mass is 347 g/mol. The Morgan fingerprint density at radius 2 is 1.76 bits per heavy atom. The second-order valence-electron chi connectivity index (χ2n) is 4.98. The predicted octanol–water partition coefficient (Wildman–Crippen LogP) is 2.72. The highest BCUT2D eigenvalue weighted by molar-refractivity contribution is 8.07. The zero-order chi connectivity index (χ0) is 18.6. The molecule has 2 N–H and O–H groups in total. The number of thioether (sulfide) groups is 1. The van der Waals surface area contributed by atoms with E-state index in [1.54, 1.807) is 55.6 Å². The van der Waals surface area contributed by atoms with E-state index in [0.717, 1.165) is 11.8 Å². The minimum absolute atomic E-state index is 0.0240. The van der Waals surface area contributed by atoms with E-state index < -0.39 is 5.56 Å². The molecule has 0 spiro atoms. The Morgan fingerprint density at radius 1 is 1.16 bits per heavy atom. The summed E-state index contributed by atoms with van der Waals surface area (Å²) in [7, 11) is 0. The van der Waals surface area contributed by atoms with Crippen molar-refractivity contribution in [2.75, 3.05) is 12.0 Å². The average molecular weight is 347 g/mol. The number of nitriles is 3. The van der Waals surface area contributed by atoms with E-state index in [9.17, 15) is 20.6 Å². The van der Waals surface area contributed by atoms with Gasteiger partial charge in [0.05, 0.1) is 16.8 Å². The minimum Gasteiger partial charge on any atom is -0.384 e. The molecule has 0 saturated carbocycles. The van der Waals surface area contributed by atoms with Crippen LogP contribution in [0.5, 0.6) is 0 Å². The van der Waals surface area contributed by atoms with Crippen molar-refractivity contribution in [1.29, 1.82) is 15.8 Å². The average Bonchev–Trinajstić information content (AvgIpc) is 2.62. The number of pyridine rings is 1. The summed E-state index contributed by atoms with van der Waals surface area (Å²) in [6, 6.07) is 14.3. The second-order valence-corrected chi connectivity index (χ2v) is 5.80. The summed E-state index contributed by atoms with van der Waals surface area (Å²) in [4.78, 5) is 13.4. The number of nitrogens with two attached hydrogens (primary N) is 1. The molecule has 122 valence electrons. The lowest BCUT2D eigenvalue weighted by Gasteiger charge is -2.17. The standard InChI is InChI=1S/C18H13N5OS/c1-11-14(10-21)17(22)23(13-6-4-3-5-7-13)18(24)15(11)16(25-2)12(8-19)9-20/h3-7H,22H2,1-2H3. The van der Waals surface area contributed by atoms with Gasteiger partial charge in [-0.15, -0.1) is 11.8 Å². The normalized spacial score (nSPS) is 9.56. The van der Waals surface area contributed by atoms with Gasteiger partial charge in [-0.05, 0) is 30.9 Å². The third-order valence-corrected chi connectivity index (χ3v) is 4.49. The van der Waals surface area contributed by atoms with Gasteiger partial charge in [-0.3, -0.25) is 9.36 Å². The Bertz CT molecular complexity index is 1030. The van der Waals surface area contributed by atoms with Crippen molar-refractivity contribution in [1.82, 2.24) is 4.57 Å². The quantitative estimate of drug-likeness (QED) is 0.852. The van der Waals surface area contributed by atoms with Gasteiger partial charge in [0.15, 0.2) is 0 Å². The number of hydrogen-bond acceptors (Lipinski definition) is 6. The summed E-state index contributed by atoms with van der Waals surface area (Å²) >= 11 is 1.11. The number of hydrogen-bond donors (Lipinski definition) is 1. The fraction of sp³-hybridized carbons (Fsp3) is 0.111. The maximum absolute atomic E-state index is 13.1. The molecular weight excluding hydrogens is 334 g/mol. The van der Waals surface area contributed by atoms with Crippen LogP contribution in [0.2, 0.25) is 0 Å². The van der Waals surface area contributed by atoms with Gasteiger partial charge in [0.25, 0.3) is 5.56 Å². The summed E-state index contributed by atoms with van der Waals surface area (Å²) in [5.41, 5.74) is 6.54. The smallest absolute Gasteiger partial charge is 0.265 e. The highest BCUT2D eigenvalue weighted by Gasteiger charge is 2.23. The van der Waals surface area contributed by atoms with E-state index in [2.05, 4.69) is 0 Å². The molecule has 0 unspecified atom stereocenters. The van der Waals surface area contributed by atoms with Gasteiger partial charge in [0.1, 0.15) is 29.6 Å². The van der Waals surface area contributed by atoms with Crippen LogP contribution in [0.25, 0.3) is 10.6 Å². The third kappa shape index (κ3) is 2.99. The molecule has 2 aromatic rings. The van der Waals surface area contributed by atoms with E-state index in [0.29, 0.717) is 11.3 Å². The van der Waals surface area contributed by atoms with Crippen molar-refractivity contribution in [3.63, 3.8) is 0 Å². The number of rotatable bonds is 3. The van der Waals surface area contributed by atoms with Crippen LogP contribution < -0.4 is 11.3 Å². The molecule has 0 aliphatic heterocycles. The van der Waals surface area contributed by atoms with Gasteiger partial charge >= 0.3 is 0 Å². The molecule has 1 heterocycles. The maximum atomic E-state index is 13.1. The molecule has 0 radical (unpaired) electrons. The molecule has 0 fully saturated rings. The Hall–Kier alpha value is -3.47. The first-order valence-corrected chi connectivity index (χ1v) is 8.33. The van der Waals surface area contributed by atoms with Crippen LogP contribution in [0.4, 0.5) is 5.82 Å². The molecule has 0 amide bonds. The van der Waals surface area contributed by atoms with E-state index in [-0.39, 0.29) is 27.4 Å². The van der Waals surface area contributed by atoms with E-state index in [4.69, 9.17) is 5.73 Å². The third-order valence-electron chi connectivity index (χ3n) is 3.67. The molecule has 0 atom stereocenters. The van der Waals surface area contributed by atoms with Crippen molar-refractivity contribution < 1.29 is 0 Å². The van der Waals surface area contributed by atoms with Gasteiger partial charge in [0, 0.05) is 4.91 Å². The topological polar surface area (TPSA) is 119 Å². The molecule has 1 aromatic heterocycles. The molecule has 2 rings (SSSR count). The highest BCUT2D eigenvalue weighted by atomic mass is 32.2. The molecule has 0 aliphatic carbocycles.